The van der Waals surface area contributed by atoms with Crippen molar-refractivity contribution in [1.82, 2.24) is 0 Å². The Morgan fingerprint density at radius 2 is 1.75 bits per heavy atom. The van der Waals surface area contributed by atoms with Gasteiger partial charge in [-0.05, 0) is 43.0 Å². The first-order chi connectivity index (χ1) is 13.5. The Morgan fingerprint density at radius 1 is 0.964 bits per heavy atom. The summed E-state index contributed by atoms with van der Waals surface area (Å²) in [6.07, 6.45) is 1.21. The van der Waals surface area contributed by atoms with Crippen molar-refractivity contribution in [2.24, 2.45) is 0 Å². The third-order valence-electron chi connectivity index (χ3n) is 5.03. The number of anilines is 2. The smallest absolute Gasteiger partial charge is 0.255 e. The van der Waals surface area contributed by atoms with Gasteiger partial charge in [-0.2, -0.15) is 0 Å². The molecule has 4 rings (SSSR count). The van der Waals surface area contributed by atoms with Crippen LogP contribution in [-0.4, -0.2) is 11.7 Å². The topological polar surface area (TPSA) is 58.2 Å². The molecule has 28 heavy (non-hydrogen) atoms. The quantitative estimate of drug-likeness (QED) is 0.592. The number of ketones is 1. The SMILES string of the molecule is CC1=C(Nc2ccc(C(=O)Nc3cccc4ccccc34)cc2Cl)CCC1=O. The number of amides is 1. The lowest BCUT2D eigenvalue weighted by Crippen LogP contribution is -2.12. The maximum Gasteiger partial charge on any atom is 0.255 e. The second kappa shape index (κ2) is 7.49. The summed E-state index contributed by atoms with van der Waals surface area (Å²) >= 11 is 6.38. The predicted molar refractivity (Wildman–Crippen MR) is 114 cm³/mol. The molecule has 0 radical (unpaired) electrons. The summed E-state index contributed by atoms with van der Waals surface area (Å²) in [6.45, 7) is 1.82. The minimum Gasteiger partial charge on any atom is -0.357 e. The van der Waals surface area contributed by atoms with E-state index in [2.05, 4.69) is 10.6 Å². The van der Waals surface area contributed by atoms with E-state index in [0.29, 0.717) is 29.1 Å². The molecule has 1 aliphatic carbocycles. The average Bonchev–Trinajstić information content (AvgIpc) is 3.02. The van der Waals surface area contributed by atoms with Crippen LogP contribution in [0.25, 0.3) is 10.8 Å². The van der Waals surface area contributed by atoms with Gasteiger partial charge in [0.1, 0.15) is 0 Å². The molecule has 0 unspecified atom stereocenters. The Kier molecular flexibility index (Phi) is 4.88. The third-order valence-corrected chi connectivity index (χ3v) is 5.34. The molecule has 0 saturated heterocycles. The molecule has 4 nitrogen and oxygen atoms in total. The Morgan fingerprint density at radius 3 is 2.50 bits per heavy atom. The van der Waals surface area contributed by atoms with Gasteiger partial charge in [0.15, 0.2) is 5.78 Å². The van der Waals surface area contributed by atoms with E-state index >= 15 is 0 Å². The van der Waals surface area contributed by atoms with Crippen molar-refractivity contribution < 1.29 is 9.59 Å². The molecule has 0 aromatic heterocycles. The molecule has 0 bridgehead atoms. The van der Waals surface area contributed by atoms with Gasteiger partial charge >= 0.3 is 0 Å². The monoisotopic (exact) mass is 390 g/mol. The van der Waals surface area contributed by atoms with Gasteiger partial charge in [-0.1, -0.05) is 48.0 Å². The number of nitrogens with one attached hydrogen (secondary N) is 2. The minimum absolute atomic E-state index is 0.157. The molecular weight excluding hydrogens is 372 g/mol. The molecule has 140 valence electrons. The number of carbonyl (C=O) groups excluding carboxylic acids is 2. The van der Waals surface area contributed by atoms with E-state index in [-0.39, 0.29) is 11.7 Å². The van der Waals surface area contributed by atoms with E-state index in [4.69, 9.17) is 11.6 Å². The molecule has 0 fully saturated rings. The third kappa shape index (κ3) is 3.51. The summed E-state index contributed by atoms with van der Waals surface area (Å²) in [6, 6.07) is 18.8. The lowest BCUT2D eigenvalue weighted by Gasteiger charge is -2.12. The summed E-state index contributed by atoms with van der Waals surface area (Å²) in [7, 11) is 0. The minimum atomic E-state index is -0.226. The van der Waals surface area contributed by atoms with Crippen molar-refractivity contribution in [2.75, 3.05) is 10.6 Å². The van der Waals surface area contributed by atoms with Crippen LogP contribution >= 0.6 is 11.6 Å². The van der Waals surface area contributed by atoms with Gasteiger partial charge in [-0.25, -0.2) is 0 Å². The summed E-state index contributed by atoms with van der Waals surface area (Å²) in [4.78, 5) is 24.4. The summed E-state index contributed by atoms with van der Waals surface area (Å²) < 4.78 is 0. The molecule has 1 amide bonds. The van der Waals surface area contributed by atoms with Gasteiger partial charge < -0.3 is 10.6 Å². The zero-order valence-corrected chi connectivity index (χ0v) is 16.1. The first kappa shape index (κ1) is 18.3. The number of rotatable bonds is 4. The predicted octanol–water partition coefficient (Wildman–Crippen LogP) is 5.79. The van der Waals surface area contributed by atoms with Crippen LogP contribution in [0.15, 0.2) is 71.9 Å². The Bertz CT molecular complexity index is 1130. The fourth-order valence-corrected chi connectivity index (χ4v) is 3.62. The molecule has 5 heteroatoms. The van der Waals surface area contributed by atoms with Crippen molar-refractivity contribution in [3.05, 3.63) is 82.5 Å². The van der Waals surface area contributed by atoms with E-state index in [9.17, 15) is 9.59 Å². The first-order valence-electron chi connectivity index (χ1n) is 9.11. The average molecular weight is 391 g/mol. The van der Waals surface area contributed by atoms with E-state index in [1.54, 1.807) is 18.2 Å². The van der Waals surface area contributed by atoms with Crippen molar-refractivity contribution in [1.29, 1.82) is 0 Å². The van der Waals surface area contributed by atoms with Gasteiger partial charge in [0, 0.05) is 34.3 Å². The van der Waals surface area contributed by atoms with Crippen LogP contribution < -0.4 is 10.6 Å². The van der Waals surface area contributed by atoms with E-state index in [1.807, 2.05) is 49.4 Å². The molecule has 1 aliphatic rings. The summed E-state index contributed by atoms with van der Waals surface area (Å²) in [5.41, 5.74) is 3.55. The largest absolute Gasteiger partial charge is 0.357 e. The standard InChI is InChI=1S/C23H19ClN2O2/c1-14-19(11-12-22(14)27)25-21-10-9-16(13-18(21)24)23(28)26-20-8-4-6-15-5-2-3-7-17(15)20/h2-10,13,25H,11-12H2,1H3,(H,26,28). The van der Waals surface area contributed by atoms with Crippen LogP contribution in [0, 0.1) is 0 Å². The van der Waals surface area contributed by atoms with Crippen LogP contribution in [0.2, 0.25) is 5.02 Å². The molecule has 3 aromatic carbocycles. The van der Waals surface area contributed by atoms with Gasteiger partial charge in [-0.3, -0.25) is 9.59 Å². The number of fused-ring (bicyclic) bond motifs is 1. The second-order valence-electron chi connectivity index (χ2n) is 6.83. The highest BCUT2D eigenvalue weighted by molar-refractivity contribution is 6.33. The highest BCUT2D eigenvalue weighted by Crippen LogP contribution is 2.30. The van der Waals surface area contributed by atoms with E-state index in [0.717, 1.165) is 27.7 Å². The van der Waals surface area contributed by atoms with Crippen molar-refractivity contribution in [3.63, 3.8) is 0 Å². The molecule has 0 atom stereocenters. The zero-order chi connectivity index (χ0) is 19.7. The number of carbonyl (C=O) groups is 2. The number of benzene rings is 3. The molecule has 2 N–H and O–H groups in total. The lowest BCUT2D eigenvalue weighted by molar-refractivity contribution is -0.114. The molecule has 3 aromatic rings. The lowest BCUT2D eigenvalue weighted by atomic mass is 10.1. The summed E-state index contributed by atoms with van der Waals surface area (Å²) in [5.74, 6) is -0.0686. The zero-order valence-electron chi connectivity index (χ0n) is 15.4. The fraction of sp³-hybridized carbons (Fsp3) is 0.130. The second-order valence-corrected chi connectivity index (χ2v) is 7.23. The van der Waals surface area contributed by atoms with Crippen LogP contribution in [0.3, 0.4) is 0 Å². The van der Waals surface area contributed by atoms with Crippen molar-refractivity contribution >= 4 is 45.4 Å². The first-order valence-corrected chi connectivity index (χ1v) is 9.49. The van der Waals surface area contributed by atoms with Gasteiger partial charge in [0.05, 0.1) is 10.7 Å². The van der Waals surface area contributed by atoms with E-state index in [1.165, 1.54) is 0 Å². The number of hydrogen-bond donors (Lipinski definition) is 2. The Balaban J connectivity index is 1.55. The molecule has 0 spiro atoms. The van der Waals surface area contributed by atoms with Crippen LogP contribution in [-0.2, 0) is 4.79 Å². The molecule has 0 heterocycles. The number of halogens is 1. The number of allylic oxidation sites excluding steroid dienone is 2. The van der Waals surface area contributed by atoms with Gasteiger partial charge in [0.25, 0.3) is 5.91 Å². The molecule has 0 aliphatic heterocycles. The maximum absolute atomic E-state index is 12.7. The van der Waals surface area contributed by atoms with Crippen LogP contribution in [0.1, 0.15) is 30.1 Å². The van der Waals surface area contributed by atoms with E-state index < -0.39 is 0 Å². The van der Waals surface area contributed by atoms with Gasteiger partial charge in [0.2, 0.25) is 0 Å². The molecule has 0 saturated carbocycles. The Hall–Kier alpha value is -3.11. The van der Waals surface area contributed by atoms with Crippen LogP contribution in [0.4, 0.5) is 11.4 Å². The van der Waals surface area contributed by atoms with Gasteiger partial charge in [-0.15, -0.1) is 0 Å². The van der Waals surface area contributed by atoms with Crippen LogP contribution in [0.5, 0.6) is 0 Å². The fourth-order valence-electron chi connectivity index (χ4n) is 3.39. The number of hydrogen-bond acceptors (Lipinski definition) is 3. The highest BCUT2D eigenvalue weighted by atomic mass is 35.5. The Labute approximate surface area is 168 Å². The molecular formula is C23H19ClN2O2. The number of Topliss-reactive ketones (excluding diaryl/α,β-unsaturated/α-hetero) is 1. The van der Waals surface area contributed by atoms with Crippen molar-refractivity contribution in [2.45, 2.75) is 19.8 Å². The summed E-state index contributed by atoms with van der Waals surface area (Å²) in [5, 5.41) is 8.67. The highest BCUT2D eigenvalue weighted by Gasteiger charge is 2.20. The normalized spacial score (nSPS) is 13.9. The van der Waals surface area contributed by atoms with Crippen molar-refractivity contribution in [3.8, 4) is 0 Å². The maximum atomic E-state index is 12.7.